The highest BCUT2D eigenvalue weighted by molar-refractivity contribution is 5.95. The van der Waals surface area contributed by atoms with Gasteiger partial charge in [-0.15, -0.1) is 5.10 Å². The number of hydrogen-bond acceptors (Lipinski definition) is 6. The molecule has 2 aromatic heterocycles. The Hall–Kier alpha value is -2.28. The molecule has 0 aliphatic carbocycles. The van der Waals surface area contributed by atoms with Crippen LogP contribution >= 0.6 is 0 Å². The summed E-state index contributed by atoms with van der Waals surface area (Å²) >= 11 is 0. The number of hydrogen-bond donors (Lipinski definition) is 2. The molecule has 0 unspecified atom stereocenters. The van der Waals surface area contributed by atoms with Gasteiger partial charge in [-0.1, -0.05) is 11.3 Å². The molecule has 2 aromatic rings. The summed E-state index contributed by atoms with van der Waals surface area (Å²) in [6.45, 7) is 1.74. The average Bonchev–Trinajstić information content (AvgIpc) is 2.79. The predicted octanol–water partition coefficient (Wildman–Crippen LogP) is -0.175. The zero-order chi connectivity index (χ0) is 13.2. The van der Waals surface area contributed by atoms with Gasteiger partial charge in [0, 0.05) is 31.3 Å². The molecule has 3 rings (SSSR count). The monoisotopic (exact) mass is 258 g/mol. The van der Waals surface area contributed by atoms with Crippen LogP contribution in [0.25, 0.3) is 0 Å². The molecule has 0 bridgehead atoms. The van der Waals surface area contributed by atoms with Crippen molar-refractivity contribution in [1.29, 1.82) is 0 Å². The number of ketones is 1. The van der Waals surface area contributed by atoms with Gasteiger partial charge < -0.3 is 11.1 Å². The van der Waals surface area contributed by atoms with E-state index in [1.807, 2.05) is 0 Å². The third-order valence-electron chi connectivity index (χ3n) is 3.21. The van der Waals surface area contributed by atoms with E-state index in [0.29, 0.717) is 23.1 Å². The first-order valence-electron chi connectivity index (χ1n) is 6.09. The van der Waals surface area contributed by atoms with Crippen LogP contribution in [0, 0.1) is 0 Å². The highest BCUT2D eigenvalue weighted by Crippen LogP contribution is 2.13. The number of carbonyl (C=O) groups excluding carboxylic acids is 1. The number of nitrogens with one attached hydrogen (secondary N) is 1. The van der Waals surface area contributed by atoms with E-state index in [-0.39, 0.29) is 12.2 Å². The van der Waals surface area contributed by atoms with Gasteiger partial charge in [-0.3, -0.25) is 4.79 Å². The van der Waals surface area contributed by atoms with Crippen LogP contribution < -0.4 is 11.1 Å². The maximum absolute atomic E-state index is 12.1. The Labute approximate surface area is 109 Å². The second kappa shape index (κ2) is 4.77. The highest BCUT2D eigenvalue weighted by Gasteiger charge is 2.21. The van der Waals surface area contributed by atoms with Crippen LogP contribution in [0.4, 0.5) is 5.82 Å². The van der Waals surface area contributed by atoms with E-state index in [1.54, 1.807) is 29.2 Å². The number of nitrogens with two attached hydrogens (primary N) is 1. The maximum Gasteiger partial charge on any atom is 0.189 e. The first-order chi connectivity index (χ1) is 9.24. The van der Waals surface area contributed by atoms with E-state index >= 15 is 0 Å². The van der Waals surface area contributed by atoms with Gasteiger partial charge in [0.2, 0.25) is 0 Å². The maximum atomic E-state index is 12.1. The Bertz CT molecular complexity index is 604. The summed E-state index contributed by atoms with van der Waals surface area (Å²) in [5.74, 6) is 0.282. The lowest BCUT2D eigenvalue weighted by Gasteiger charge is -2.26. The quantitative estimate of drug-likeness (QED) is 0.738. The largest absolute Gasteiger partial charge is 0.383 e. The molecule has 1 fully saturated rings. The first-order valence-corrected chi connectivity index (χ1v) is 6.09. The molecule has 7 nitrogen and oxygen atoms in total. The van der Waals surface area contributed by atoms with Gasteiger partial charge in [0.05, 0.1) is 12.2 Å². The average molecular weight is 258 g/mol. The van der Waals surface area contributed by atoms with Crippen molar-refractivity contribution in [3.63, 3.8) is 0 Å². The molecular formula is C12H14N6O. The summed E-state index contributed by atoms with van der Waals surface area (Å²) < 4.78 is 1.73. The molecule has 3 heterocycles. The number of carbonyl (C=O) groups is 1. The summed E-state index contributed by atoms with van der Waals surface area (Å²) in [6.07, 6.45) is 3.49. The van der Waals surface area contributed by atoms with Crippen LogP contribution in [-0.4, -0.2) is 38.9 Å². The first kappa shape index (κ1) is 11.8. The number of aromatic nitrogens is 4. The fraction of sp³-hybridized carbons (Fsp3) is 0.333. The van der Waals surface area contributed by atoms with Crippen LogP contribution in [0.2, 0.25) is 0 Å². The van der Waals surface area contributed by atoms with Crippen molar-refractivity contribution in [2.45, 2.75) is 12.5 Å². The number of nitrogens with zero attached hydrogens (tertiary/aromatic N) is 4. The molecule has 0 amide bonds. The van der Waals surface area contributed by atoms with Crippen molar-refractivity contribution in [3.05, 3.63) is 35.8 Å². The van der Waals surface area contributed by atoms with E-state index in [2.05, 4.69) is 20.6 Å². The molecule has 1 saturated heterocycles. The van der Waals surface area contributed by atoms with Crippen LogP contribution in [0.3, 0.4) is 0 Å². The van der Waals surface area contributed by atoms with Gasteiger partial charge in [0.15, 0.2) is 5.78 Å². The molecule has 3 N–H and O–H groups in total. The van der Waals surface area contributed by atoms with Crippen molar-refractivity contribution in [2.24, 2.45) is 0 Å². The van der Waals surface area contributed by atoms with E-state index in [9.17, 15) is 4.79 Å². The van der Waals surface area contributed by atoms with Crippen molar-refractivity contribution in [2.75, 3.05) is 18.8 Å². The normalized spacial score (nSPS) is 15.2. The lowest BCUT2D eigenvalue weighted by Crippen LogP contribution is -2.43. The van der Waals surface area contributed by atoms with Crippen LogP contribution in [-0.2, 0) is 6.42 Å². The topological polar surface area (TPSA) is 98.7 Å². The second-order valence-corrected chi connectivity index (χ2v) is 4.54. The van der Waals surface area contributed by atoms with Crippen molar-refractivity contribution >= 4 is 11.6 Å². The van der Waals surface area contributed by atoms with Crippen LogP contribution in [0.5, 0.6) is 0 Å². The van der Waals surface area contributed by atoms with Gasteiger partial charge >= 0.3 is 0 Å². The molecule has 0 aromatic carbocycles. The summed E-state index contributed by atoms with van der Waals surface area (Å²) in [4.78, 5) is 16.1. The zero-order valence-corrected chi connectivity index (χ0v) is 10.3. The van der Waals surface area contributed by atoms with E-state index in [1.165, 1.54) is 0 Å². The summed E-state index contributed by atoms with van der Waals surface area (Å²) in [7, 11) is 0. The van der Waals surface area contributed by atoms with E-state index < -0.39 is 0 Å². The van der Waals surface area contributed by atoms with E-state index in [0.717, 1.165) is 13.1 Å². The number of anilines is 1. The smallest absolute Gasteiger partial charge is 0.189 e. The summed E-state index contributed by atoms with van der Waals surface area (Å²) in [5, 5.41) is 11.0. The lowest BCUT2D eigenvalue weighted by atomic mass is 10.1. The Kier molecular flexibility index (Phi) is 2.96. The van der Waals surface area contributed by atoms with Crippen molar-refractivity contribution in [1.82, 2.24) is 25.3 Å². The number of rotatable bonds is 4. The summed E-state index contributed by atoms with van der Waals surface area (Å²) in [6, 6.07) is 3.86. The van der Waals surface area contributed by atoms with Crippen LogP contribution in [0.1, 0.15) is 22.1 Å². The minimum Gasteiger partial charge on any atom is -0.383 e. The minimum absolute atomic E-state index is 0.0989. The van der Waals surface area contributed by atoms with Gasteiger partial charge in [-0.25, -0.2) is 9.67 Å². The molecule has 7 heteroatoms. The Morgan fingerprint density at radius 3 is 3.05 bits per heavy atom. The molecular weight excluding hydrogens is 244 g/mol. The number of Topliss-reactive ketones (excluding diaryl/α,β-unsaturated/α-hetero) is 1. The van der Waals surface area contributed by atoms with Gasteiger partial charge in [0.25, 0.3) is 0 Å². The molecule has 0 spiro atoms. The van der Waals surface area contributed by atoms with Gasteiger partial charge in [-0.2, -0.15) is 0 Å². The fourth-order valence-corrected chi connectivity index (χ4v) is 1.91. The molecule has 98 valence electrons. The minimum atomic E-state index is -0.0989. The van der Waals surface area contributed by atoms with Gasteiger partial charge in [-0.05, 0) is 6.07 Å². The fourth-order valence-electron chi connectivity index (χ4n) is 1.91. The van der Waals surface area contributed by atoms with Crippen molar-refractivity contribution in [3.8, 4) is 0 Å². The molecule has 0 radical (unpaired) electrons. The lowest BCUT2D eigenvalue weighted by molar-refractivity contribution is 0.0988. The SMILES string of the molecule is Nc1ncccc1CC(=O)c1cn(C2CNC2)nn1. The Morgan fingerprint density at radius 2 is 2.37 bits per heavy atom. The number of nitrogen functional groups attached to an aromatic ring is 1. The molecule has 0 saturated carbocycles. The van der Waals surface area contributed by atoms with E-state index in [4.69, 9.17) is 5.73 Å². The highest BCUT2D eigenvalue weighted by atomic mass is 16.1. The van der Waals surface area contributed by atoms with Crippen molar-refractivity contribution < 1.29 is 4.79 Å². The van der Waals surface area contributed by atoms with Crippen LogP contribution in [0.15, 0.2) is 24.5 Å². The second-order valence-electron chi connectivity index (χ2n) is 4.54. The third kappa shape index (κ3) is 2.32. The third-order valence-corrected chi connectivity index (χ3v) is 3.21. The summed E-state index contributed by atoms with van der Waals surface area (Å²) in [5.41, 5.74) is 6.80. The molecule has 0 atom stereocenters. The molecule has 1 aliphatic heterocycles. The molecule has 19 heavy (non-hydrogen) atoms. The molecule has 1 aliphatic rings. The Balaban J connectivity index is 1.73. The zero-order valence-electron chi connectivity index (χ0n) is 10.3. The Morgan fingerprint density at radius 1 is 1.53 bits per heavy atom. The number of pyridine rings is 1. The predicted molar refractivity (Wildman–Crippen MR) is 68.6 cm³/mol. The standard InChI is InChI=1S/C12H14N6O/c13-12-8(2-1-3-15-12)4-11(19)10-7-18(17-16-10)9-5-14-6-9/h1-3,7,9,14H,4-6H2,(H2,13,15). The van der Waals surface area contributed by atoms with Gasteiger partial charge in [0.1, 0.15) is 11.5 Å².